The molecule has 2 rings (SSSR count). The Morgan fingerprint density at radius 2 is 2.28 bits per heavy atom. The molecule has 5 heteroatoms. The van der Waals surface area contributed by atoms with Gasteiger partial charge >= 0.3 is 0 Å². The molecule has 2 aromatic rings. The van der Waals surface area contributed by atoms with E-state index in [9.17, 15) is 0 Å². The zero-order valence-corrected chi connectivity index (χ0v) is 11.6. The zero-order valence-electron chi connectivity index (χ0n) is 10.8. The summed E-state index contributed by atoms with van der Waals surface area (Å²) in [6, 6.07) is 3.94. The zero-order chi connectivity index (χ0) is 13.0. The van der Waals surface area contributed by atoms with Crippen LogP contribution in [0.2, 0.25) is 0 Å². The second-order valence-electron chi connectivity index (χ2n) is 4.26. The molecule has 0 spiro atoms. The predicted molar refractivity (Wildman–Crippen MR) is 77.9 cm³/mol. The van der Waals surface area contributed by atoms with Crippen molar-refractivity contribution in [2.24, 2.45) is 0 Å². The first-order valence-corrected chi connectivity index (χ1v) is 6.88. The van der Waals surface area contributed by atoms with Crippen LogP contribution < -0.4 is 10.6 Å². The highest BCUT2D eigenvalue weighted by molar-refractivity contribution is 7.11. The molecule has 2 heterocycles. The maximum Gasteiger partial charge on any atom is 0.147 e. The van der Waals surface area contributed by atoms with E-state index < -0.39 is 0 Å². The summed E-state index contributed by atoms with van der Waals surface area (Å²) >= 11 is 1.45. The van der Waals surface area contributed by atoms with Crippen LogP contribution in [0.5, 0.6) is 0 Å². The first kappa shape index (κ1) is 12.8. The molecule has 0 amide bonds. The van der Waals surface area contributed by atoms with Gasteiger partial charge in [-0.05, 0) is 24.0 Å². The van der Waals surface area contributed by atoms with Crippen LogP contribution >= 0.6 is 11.5 Å². The summed E-state index contributed by atoms with van der Waals surface area (Å²) in [5.74, 6) is 0.589. The lowest BCUT2D eigenvalue weighted by Crippen LogP contribution is -2.17. The van der Waals surface area contributed by atoms with E-state index in [1.165, 1.54) is 24.4 Å². The third kappa shape index (κ3) is 2.61. The van der Waals surface area contributed by atoms with Crippen LogP contribution in [-0.2, 0) is 0 Å². The number of hydrogen-bond donors (Lipinski definition) is 1. The molecule has 2 N–H and O–H groups in total. The smallest absolute Gasteiger partial charge is 0.147 e. The highest BCUT2D eigenvalue weighted by Crippen LogP contribution is 2.38. The van der Waals surface area contributed by atoms with Crippen molar-refractivity contribution in [3.05, 3.63) is 24.5 Å². The fraction of sp³-hybridized carbons (Fsp3) is 0.385. The van der Waals surface area contributed by atoms with Gasteiger partial charge in [-0.25, -0.2) is 0 Å². The maximum absolute atomic E-state index is 5.98. The summed E-state index contributed by atoms with van der Waals surface area (Å²) in [4.78, 5) is 6.37. The molecule has 0 saturated heterocycles. The Morgan fingerprint density at radius 1 is 1.44 bits per heavy atom. The first-order chi connectivity index (χ1) is 8.74. The van der Waals surface area contributed by atoms with Gasteiger partial charge in [0.15, 0.2) is 0 Å². The summed E-state index contributed by atoms with van der Waals surface area (Å²) in [6.45, 7) is 3.21. The molecule has 0 atom stereocenters. The minimum atomic E-state index is 0.589. The van der Waals surface area contributed by atoms with Gasteiger partial charge in [0.1, 0.15) is 10.8 Å². The molecule has 0 fully saturated rings. The Labute approximate surface area is 112 Å². The van der Waals surface area contributed by atoms with E-state index in [-0.39, 0.29) is 0 Å². The molecule has 0 saturated carbocycles. The van der Waals surface area contributed by atoms with E-state index in [2.05, 4.69) is 28.2 Å². The number of aromatic nitrogens is 2. The van der Waals surface area contributed by atoms with E-state index in [4.69, 9.17) is 5.73 Å². The average Bonchev–Trinajstić information content (AvgIpc) is 2.79. The fourth-order valence-corrected chi connectivity index (χ4v) is 2.65. The molecule has 0 aliphatic heterocycles. The van der Waals surface area contributed by atoms with Crippen LogP contribution in [0, 0.1) is 0 Å². The fourth-order valence-electron chi connectivity index (χ4n) is 1.83. The van der Waals surface area contributed by atoms with Crippen LogP contribution in [0.4, 0.5) is 10.8 Å². The van der Waals surface area contributed by atoms with Crippen molar-refractivity contribution >= 4 is 22.4 Å². The van der Waals surface area contributed by atoms with E-state index in [1.807, 2.05) is 18.3 Å². The molecule has 2 aromatic heterocycles. The van der Waals surface area contributed by atoms with Gasteiger partial charge in [-0.3, -0.25) is 4.98 Å². The van der Waals surface area contributed by atoms with Gasteiger partial charge < -0.3 is 10.6 Å². The van der Waals surface area contributed by atoms with Gasteiger partial charge in [0.2, 0.25) is 0 Å². The largest absolute Gasteiger partial charge is 0.382 e. The van der Waals surface area contributed by atoms with Gasteiger partial charge in [0.25, 0.3) is 0 Å². The van der Waals surface area contributed by atoms with Gasteiger partial charge in [0, 0.05) is 31.5 Å². The predicted octanol–water partition coefficient (Wildman–Crippen LogP) is 3.02. The Kier molecular flexibility index (Phi) is 4.15. The highest BCUT2D eigenvalue weighted by Gasteiger charge is 2.16. The topological polar surface area (TPSA) is 55.0 Å². The molecule has 0 radical (unpaired) electrons. The van der Waals surface area contributed by atoms with Crippen molar-refractivity contribution in [2.75, 3.05) is 24.2 Å². The molecule has 0 aromatic carbocycles. The molecular formula is C13H18N4S. The molecule has 0 aliphatic carbocycles. The quantitative estimate of drug-likeness (QED) is 0.900. The molecule has 0 unspecified atom stereocenters. The van der Waals surface area contributed by atoms with Crippen molar-refractivity contribution < 1.29 is 0 Å². The number of unbranched alkanes of at least 4 members (excludes halogenated alkanes) is 1. The Hall–Kier alpha value is -1.62. The lowest BCUT2D eigenvalue weighted by Gasteiger charge is -2.18. The highest BCUT2D eigenvalue weighted by atomic mass is 32.1. The molecule has 0 bridgehead atoms. The third-order valence-corrected chi connectivity index (χ3v) is 3.82. The van der Waals surface area contributed by atoms with Gasteiger partial charge in [-0.2, -0.15) is 4.37 Å². The molecule has 4 nitrogen and oxygen atoms in total. The van der Waals surface area contributed by atoms with E-state index in [0.717, 1.165) is 22.7 Å². The van der Waals surface area contributed by atoms with Crippen molar-refractivity contribution in [2.45, 2.75) is 19.8 Å². The SMILES string of the molecule is CCCCN(C)c1snc(N)c1-c1cccnc1. The Bertz CT molecular complexity index is 495. The molecule has 0 aliphatic rings. The average molecular weight is 262 g/mol. The molecule has 96 valence electrons. The van der Waals surface area contributed by atoms with E-state index in [0.29, 0.717) is 5.82 Å². The second-order valence-corrected chi connectivity index (χ2v) is 5.02. The van der Waals surface area contributed by atoms with Crippen LogP contribution in [0.1, 0.15) is 19.8 Å². The molecule has 18 heavy (non-hydrogen) atoms. The summed E-state index contributed by atoms with van der Waals surface area (Å²) in [6.07, 6.45) is 5.94. The van der Waals surface area contributed by atoms with Crippen LogP contribution in [0.25, 0.3) is 11.1 Å². The van der Waals surface area contributed by atoms with Crippen molar-refractivity contribution in [1.82, 2.24) is 9.36 Å². The van der Waals surface area contributed by atoms with Crippen LogP contribution in [-0.4, -0.2) is 22.9 Å². The number of rotatable bonds is 5. The number of pyridine rings is 1. The lowest BCUT2D eigenvalue weighted by atomic mass is 10.1. The van der Waals surface area contributed by atoms with Gasteiger partial charge in [-0.15, -0.1) is 0 Å². The standard InChI is InChI=1S/C13H18N4S/c1-3-4-8-17(2)13-11(12(14)16-18-13)10-6-5-7-15-9-10/h5-7,9H,3-4,8H2,1-2H3,(H2,14,16). The normalized spacial score (nSPS) is 10.6. The minimum Gasteiger partial charge on any atom is -0.382 e. The number of anilines is 2. The maximum atomic E-state index is 5.98. The monoisotopic (exact) mass is 262 g/mol. The van der Waals surface area contributed by atoms with E-state index >= 15 is 0 Å². The Morgan fingerprint density at radius 3 is 2.94 bits per heavy atom. The first-order valence-electron chi connectivity index (χ1n) is 6.10. The minimum absolute atomic E-state index is 0.589. The third-order valence-electron chi connectivity index (χ3n) is 2.84. The van der Waals surface area contributed by atoms with Crippen LogP contribution in [0.3, 0.4) is 0 Å². The van der Waals surface area contributed by atoms with E-state index in [1.54, 1.807) is 6.20 Å². The molecular weight excluding hydrogens is 244 g/mol. The number of nitrogens with zero attached hydrogens (tertiary/aromatic N) is 3. The summed E-state index contributed by atoms with van der Waals surface area (Å²) in [7, 11) is 2.09. The van der Waals surface area contributed by atoms with Crippen molar-refractivity contribution in [3.8, 4) is 11.1 Å². The summed E-state index contributed by atoms with van der Waals surface area (Å²) < 4.78 is 4.27. The van der Waals surface area contributed by atoms with Gasteiger partial charge in [0.05, 0.1) is 5.56 Å². The van der Waals surface area contributed by atoms with Crippen molar-refractivity contribution in [3.63, 3.8) is 0 Å². The summed E-state index contributed by atoms with van der Waals surface area (Å²) in [5, 5.41) is 1.12. The number of nitrogen functional groups attached to an aromatic ring is 1. The van der Waals surface area contributed by atoms with Gasteiger partial charge in [-0.1, -0.05) is 19.4 Å². The Balaban J connectivity index is 2.33. The van der Waals surface area contributed by atoms with Crippen LogP contribution in [0.15, 0.2) is 24.5 Å². The second kappa shape index (κ2) is 5.82. The number of hydrogen-bond acceptors (Lipinski definition) is 5. The summed E-state index contributed by atoms with van der Waals surface area (Å²) in [5.41, 5.74) is 8.02. The lowest BCUT2D eigenvalue weighted by molar-refractivity contribution is 0.771. The van der Waals surface area contributed by atoms with Crippen molar-refractivity contribution in [1.29, 1.82) is 0 Å². The number of nitrogens with two attached hydrogens (primary N) is 1.